The molecule has 1 unspecified atom stereocenters. The highest BCUT2D eigenvalue weighted by Crippen LogP contribution is 2.08. The third-order valence-electron chi connectivity index (χ3n) is 2.56. The van der Waals surface area contributed by atoms with E-state index in [1.807, 2.05) is 0 Å². The zero-order valence-electron chi connectivity index (χ0n) is 10.1. The van der Waals surface area contributed by atoms with Crippen molar-refractivity contribution in [3.05, 3.63) is 35.4 Å². The molecule has 1 aromatic carbocycles. The summed E-state index contributed by atoms with van der Waals surface area (Å²) in [4.78, 5) is 33.3. The van der Waals surface area contributed by atoms with Gasteiger partial charge in [-0.05, 0) is 12.0 Å². The largest absolute Gasteiger partial charge is 0.480 e. The lowest BCUT2D eigenvalue weighted by molar-refractivity contribution is -0.138. The Morgan fingerprint density at radius 3 is 2.22 bits per heavy atom. The highest BCUT2D eigenvalue weighted by atomic mass is 16.4. The molecule has 1 atom stereocenters. The van der Waals surface area contributed by atoms with Crippen molar-refractivity contribution >= 4 is 17.5 Å². The van der Waals surface area contributed by atoms with Crippen molar-refractivity contribution in [1.82, 2.24) is 0 Å². The fraction of sp³-hybridized carbons (Fsp3) is 0.308. The average molecular weight is 249 g/mol. The van der Waals surface area contributed by atoms with Crippen LogP contribution in [-0.4, -0.2) is 28.7 Å². The van der Waals surface area contributed by atoms with E-state index in [1.165, 1.54) is 12.1 Å². The van der Waals surface area contributed by atoms with E-state index in [2.05, 4.69) is 0 Å². The number of hydrogen-bond donors (Lipinski definition) is 2. The van der Waals surface area contributed by atoms with Crippen molar-refractivity contribution in [3.63, 3.8) is 0 Å². The summed E-state index contributed by atoms with van der Waals surface area (Å²) in [6.45, 7) is 1.63. The van der Waals surface area contributed by atoms with E-state index in [9.17, 15) is 14.4 Å². The molecule has 0 saturated heterocycles. The van der Waals surface area contributed by atoms with Gasteiger partial charge in [0, 0.05) is 12.0 Å². The van der Waals surface area contributed by atoms with Gasteiger partial charge in [-0.25, -0.2) is 0 Å². The fourth-order valence-electron chi connectivity index (χ4n) is 1.45. The van der Waals surface area contributed by atoms with E-state index in [4.69, 9.17) is 10.8 Å². The van der Waals surface area contributed by atoms with Crippen molar-refractivity contribution in [2.24, 2.45) is 5.73 Å². The minimum Gasteiger partial charge on any atom is -0.480 e. The minimum absolute atomic E-state index is 0.171. The van der Waals surface area contributed by atoms with Crippen LogP contribution in [0.25, 0.3) is 0 Å². The molecule has 0 aliphatic carbocycles. The lowest BCUT2D eigenvalue weighted by Crippen LogP contribution is -2.32. The van der Waals surface area contributed by atoms with Gasteiger partial charge in [-0.2, -0.15) is 0 Å². The molecule has 0 radical (unpaired) electrons. The summed E-state index contributed by atoms with van der Waals surface area (Å²) >= 11 is 0. The summed E-state index contributed by atoms with van der Waals surface area (Å²) in [5.41, 5.74) is 6.42. The number of aliphatic carboxylic acids is 1. The molecule has 0 fully saturated rings. The first-order valence-corrected chi connectivity index (χ1v) is 5.60. The number of carbonyl (C=O) groups is 3. The Morgan fingerprint density at radius 1 is 1.22 bits per heavy atom. The van der Waals surface area contributed by atoms with Gasteiger partial charge in [0.05, 0.1) is 0 Å². The van der Waals surface area contributed by atoms with Crippen LogP contribution in [0.15, 0.2) is 24.3 Å². The van der Waals surface area contributed by atoms with Gasteiger partial charge in [-0.3, -0.25) is 14.4 Å². The quantitative estimate of drug-likeness (QED) is 0.574. The van der Waals surface area contributed by atoms with Gasteiger partial charge < -0.3 is 10.8 Å². The second-order valence-electron chi connectivity index (χ2n) is 3.95. The lowest BCUT2D eigenvalue weighted by Gasteiger charge is -2.06. The van der Waals surface area contributed by atoms with Crippen molar-refractivity contribution in [2.45, 2.75) is 25.8 Å². The molecule has 0 aliphatic heterocycles. The van der Waals surface area contributed by atoms with Gasteiger partial charge in [0.2, 0.25) is 11.6 Å². The van der Waals surface area contributed by atoms with Gasteiger partial charge in [0.1, 0.15) is 6.04 Å². The summed E-state index contributed by atoms with van der Waals surface area (Å²) in [5, 5.41) is 8.67. The molecule has 1 rings (SSSR count). The molecule has 5 heteroatoms. The third kappa shape index (κ3) is 3.49. The Bertz CT molecular complexity index is 464. The van der Waals surface area contributed by atoms with Crippen LogP contribution in [0, 0.1) is 0 Å². The number of rotatable bonds is 6. The van der Waals surface area contributed by atoms with E-state index in [0.717, 1.165) is 0 Å². The predicted octanol–water partition coefficient (Wildman–Crippen LogP) is 0.803. The minimum atomic E-state index is -1.07. The maximum atomic E-state index is 11.5. The van der Waals surface area contributed by atoms with Crippen LogP contribution in [0.5, 0.6) is 0 Å². The van der Waals surface area contributed by atoms with E-state index < -0.39 is 23.6 Å². The third-order valence-corrected chi connectivity index (χ3v) is 2.56. The summed E-state index contributed by atoms with van der Waals surface area (Å²) in [5.74, 6) is -2.03. The van der Waals surface area contributed by atoms with Crippen LogP contribution >= 0.6 is 0 Å². The number of benzene rings is 1. The molecule has 3 N–H and O–H groups in total. The fourth-order valence-corrected chi connectivity index (χ4v) is 1.45. The van der Waals surface area contributed by atoms with Gasteiger partial charge >= 0.3 is 5.97 Å². The number of carbonyl (C=O) groups excluding carboxylic acids is 2. The van der Waals surface area contributed by atoms with Crippen LogP contribution in [-0.2, 0) is 16.0 Å². The number of Topliss-reactive ketones (excluding diaryl/α,β-unsaturated/α-hetero) is 2. The van der Waals surface area contributed by atoms with Gasteiger partial charge in [-0.15, -0.1) is 0 Å². The van der Waals surface area contributed by atoms with Crippen LogP contribution in [0.4, 0.5) is 0 Å². The highest BCUT2D eigenvalue weighted by Gasteiger charge is 2.15. The molecule has 18 heavy (non-hydrogen) atoms. The molecule has 0 spiro atoms. The summed E-state index contributed by atoms with van der Waals surface area (Å²) in [6.07, 6.45) is 0.357. The molecule has 0 amide bonds. The zero-order valence-corrected chi connectivity index (χ0v) is 10.1. The van der Waals surface area contributed by atoms with E-state index in [0.29, 0.717) is 11.1 Å². The molecular formula is C13H15NO4. The normalized spacial score (nSPS) is 11.9. The number of carboxylic acids is 1. The number of carboxylic acid groups (broad SMARTS) is 1. The standard InChI is InChI=1S/C13H15NO4/c1-2-11(15)12(16)9-5-3-8(4-6-9)7-10(14)13(17)18/h3-6,10H,2,7,14H2,1H3,(H,17,18). The Balaban J connectivity index is 2.77. The summed E-state index contributed by atoms with van der Waals surface area (Å²) in [6, 6.07) is 5.28. The first kappa shape index (κ1) is 14.1. The Hall–Kier alpha value is -2.01. The number of ketones is 2. The number of nitrogens with two attached hydrogens (primary N) is 1. The predicted molar refractivity (Wildman–Crippen MR) is 65.4 cm³/mol. The van der Waals surface area contributed by atoms with Crippen molar-refractivity contribution in [3.8, 4) is 0 Å². The van der Waals surface area contributed by atoms with Gasteiger partial charge in [0.15, 0.2) is 0 Å². The maximum Gasteiger partial charge on any atom is 0.320 e. The van der Waals surface area contributed by atoms with Crippen LogP contribution in [0.1, 0.15) is 29.3 Å². The topological polar surface area (TPSA) is 97.5 Å². The molecule has 0 aromatic heterocycles. The Kier molecular flexibility index (Phi) is 4.74. The van der Waals surface area contributed by atoms with Crippen molar-refractivity contribution in [1.29, 1.82) is 0 Å². The number of hydrogen-bond acceptors (Lipinski definition) is 4. The summed E-state index contributed by atoms with van der Waals surface area (Å²) < 4.78 is 0. The van der Waals surface area contributed by atoms with Crippen molar-refractivity contribution in [2.75, 3.05) is 0 Å². The van der Waals surface area contributed by atoms with Crippen LogP contribution in [0.3, 0.4) is 0 Å². The molecular weight excluding hydrogens is 234 g/mol. The second kappa shape index (κ2) is 6.07. The van der Waals surface area contributed by atoms with E-state index in [1.54, 1.807) is 19.1 Å². The highest BCUT2D eigenvalue weighted by molar-refractivity contribution is 6.43. The van der Waals surface area contributed by atoms with Crippen molar-refractivity contribution < 1.29 is 19.5 Å². The smallest absolute Gasteiger partial charge is 0.320 e. The molecule has 0 saturated carbocycles. The summed E-state index contributed by atoms with van der Waals surface area (Å²) in [7, 11) is 0. The molecule has 0 aliphatic rings. The Labute approximate surface area is 105 Å². The SMILES string of the molecule is CCC(=O)C(=O)c1ccc(CC(N)C(=O)O)cc1. The zero-order chi connectivity index (χ0) is 13.7. The molecule has 96 valence electrons. The lowest BCUT2D eigenvalue weighted by atomic mass is 10.0. The van der Waals surface area contributed by atoms with E-state index >= 15 is 0 Å². The van der Waals surface area contributed by atoms with Crippen LogP contribution in [0.2, 0.25) is 0 Å². The molecule has 0 bridgehead atoms. The first-order valence-electron chi connectivity index (χ1n) is 5.60. The van der Waals surface area contributed by atoms with Crippen LogP contribution < -0.4 is 5.73 Å². The second-order valence-corrected chi connectivity index (χ2v) is 3.95. The molecule has 5 nitrogen and oxygen atoms in total. The average Bonchev–Trinajstić information content (AvgIpc) is 2.37. The van der Waals surface area contributed by atoms with Gasteiger partial charge in [-0.1, -0.05) is 31.2 Å². The molecule has 1 aromatic rings. The van der Waals surface area contributed by atoms with E-state index in [-0.39, 0.29) is 12.8 Å². The molecule has 0 heterocycles. The maximum absolute atomic E-state index is 11.5. The van der Waals surface area contributed by atoms with Gasteiger partial charge in [0.25, 0.3) is 0 Å². The first-order chi connectivity index (χ1) is 8.45. The monoisotopic (exact) mass is 249 g/mol. The Morgan fingerprint density at radius 2 is 1.78 bits per heavy atom.